The van der Waals surface area contributed by atoms with Gasteiger partial charge in [-0.2, -0.15) is 0 Å². The summed E-state index contributed by atoms with van der Waals surface area (Å²) in [5.74, 6) is 6.15. The Balaban J connectivity index is 2.85. The molecule has 0 saturated heterocycles. The number of rotatable bonds is 3. The zero-order chi connectivity index (χ0) is 9.68. The number of hydrogen-bond acceptors (Lipinski definition) is 3. The van der Waals surface area contributed by atoms with E-state index in [1.54, 1.807) is 11.3 Å². The van der Waals surface area contributed by atoms with Crippen LogP contribution in [0.5, 0.6) is 0 Å². The van der Waals surface area contributed by atoms with Crippen LogP contribution in [0.15, 0.2) is 17.1 Å². The summed E-state index contributed by atoms with van der Waals surface area (Å²) in [5, 5.41) is 0. The second-order valence-corrected chi connectivity index (χ2v) is 3.76. The first-order chi connectivity index (χ1) is 6.31. The minimum Gasteiger partial charge on any atom is -0.308 e. The van der Waals surface area contributed by atoms with Crippen LogP contribution in [0.3, 0.4) is 0 Å². The number of amidine groups is 1. The van der Waals surface area contributed by atoms with E-state index in [2.05, 4.69) is 29.5 Å². The van der Waals surface area contributed by atoms with Crippen molar-refractivity contribution < 1.29 is 0 Å². The molecule has 0 fully saturated rings. The second-order valence-electron chi connectivity index (χ2n) is 2.59. The fourth-order valence-electron chi connectivity index (χ4n) is 1.05. The topological polar surface area (TPSA) is 50.4 Å². The predicted molar refractivity (Wildman–Crippen MR) is 58.1 cm³/mol. The number of aliphatic imine (C=N–C) groups is 1. The molecule has 3 nitrogen and oxygen atoms in total. The zero-order valence-corrected chi connectivity index (χ0v) is 8.82. The van der Waals surface area contributed by atoms with Crippen LogP contribution < -0.4 is 11.3 Å². The zero-order valence-electron chi connectivity index (χ0n) is 8.00. The predicted octanol–water partition coefficient (Wildman–Crippen LogP) is 1.54. The highest BCUT2D eigenvalue weighted by Crippen LogP contribution is 2.16. The summed E-state index contributed by atoms with van der Waals surface area (Å²) < 4.78 is 0. The first kappa shape index (κ1) is 10.2. The molecular formula is C9H15N3S. The number of hydrazine groups is 1. The monoisotopic (exact) mass is 197 g/mol. The largest absolute Gasteiger partial charge is 0.308 e. The molecule has 4 heteroatoms. The highest BCUT2D eigenvalue weighted by molar-refractivity contribution is 7.14. The van der Waals surface area contributed by atoms with Gasteiger partial charge in [-0.1, -0.05) is 6.92 Å². The van der Waals surface area contributed by atoms with Crippen molar-refractivity contribution in [3.05, 3.63) is 21.9 Å². The number of nitrogens with one attached hydrogen (secondary N) is 1. The molecule has 0 aromatic carbocycles. The summed E-state index contributed by atoms with van der Waals surface area (Å²) in [5.41, 5.74) is 2.62. The van der Waals surface area contributed by atoms with Gasteiger partial charge >= 0.3 is 0 Å². The molecule has 1 aromatic rings. The fraction of sp³-hybridized carbons (Fsp3) is 0.444. The Kier molecular flexibility index (Phi) is 3.92. The van der Waals surface area contributed by atoms with Crippen LogP contribution in [0, 0.1) is 0 Å². The standard InChI is InChI=1S/C9H15N3S/c1-3-7-5-6-8(13-7)9(12-10)11-4-2/h5-6H,3-4,10H2,1-2H3,(H,11,12). The molecule has 0 aliphatic carbocycles. The molecule has 3 N–H and O–H groups in total. The van der Waals surface area contributed by atoms with E-state index >= 15 is 0 Å². The van der Waals surface area contributed by atoms with Gasteiger partial charge in [0.25, 0.3) is 0 Å². The van der Waals surface area contributed by atoms with Gasteiger partial charge in [0.1, 0.15) is 0 Å². The Labute approximate surface area is 82.7 Å². The Hall–Kier alpha value is -0.870. The lowest BCUT2D eigenvalue weighted by Crippen LogP contribution is -2.30. The van der Waals surface area contributed by atoms with Crippen LogP contribution in [-0.2, 0) is 6.42 Å². The van der Waals surface area contributed by atoms with Crippen LogP contribution in [0.1, 0.15) is 23.6 Å². The van der Waals surface area contributed by atoms with Gasteiger partial charge in [0.05, 0.1) is 4.88 Å². The average Bonchev–Trinajstić information content (AvgIpc) is 2.62. The summed E-state index contributed by atoms with van der Waals surface area (Å²) in [6, 6.07) is 4.17. The molecule has 0 amide bonds. The maximum atomic E-state index is 5.37. The van der Waals surface area contributed by atoms with E-state index in [0.29, 0.717) is 0 Å². The molecule has 13 heavy (non-hydrogen) atoms. The van der Waals surface area contributed by atoms with Crippen LogP contribution >= 0.6 is 11.3 Å². The fourth-order valence-corrected chi connectivity index (χ4v) is 1.97. The molecule has 0 unspecified atom stereocenters. The summed E-state index contributed by atoms with van der Waals surface area (Å²) in [7, 11) is 0. The van der Waals surface area contributed by atoms with Gasteiger partial charge < -0.3 is 5.43 Å². The summed E-state index contributed by atoms with van der Waals surface area (Å²) in [6.07, 6.45) is 1.06. The highest BCUT2D eigenvalue weighted by Gasteiger charge is 2.03. The van der Waals surface area contributed by atoms with Gasteiger partial charge in [-0.25, -0.2) is 5.84 Å². The lowest BCUT2D eigenvalue weighted by molar-refractivity contribution is 0.995. The molecule has 0 radical (unpaired) electrons. The van der Waals surface area contributed by atoms with Crippen molar-refractivity contribution in [2.45, 2.75) is 20.3 Å². The van der Waals surface area contributed by atoms with Gasteiger partial charge in [-0.15, -0.1) is 11.3 Å². The molecule has 0 bridgehead atoms. The van der Waals surface area contributed by atoms with E-state index < -0.39 is 0 Å². The number of hydrogen-bond donors (Lipinski definition) is 2. The molecular weight excluding hydrogens is 182 g/mol. The highest BCUT2D eigenvalue weighted by atomic mass is 32.1. The molecule has 1 aromatic heterocycles. The van der Waals surface area contributed by atoms with Crippen LogP contribution in [0.2, 0.25) is 0 Å². The lowest BCUT2D eigenvalue weighted by atomic mass is 10.3. The molecule has 1 heterocycles. The van der Waals surface area contributed by atoms with Crippen molar-refractivity contribution in [2.75, 3.05) is 6.54 Å². The van der Waals surface area contributed by atoms with Crippen LogP contribution in [0.4, 0.5) is 0 Å². The number of nitrogens with zero attached hydrogens (tertiary/aromatic N) is 1. The Morgan fingerprint density at radius 1 is 1.54 bits per heavy atom. The van der Waals surface area contributed by atoms with Crippen LogP contribution in [-0.4, -0.2) is 12.4 Å². The molecule has 72 valence electrons. The number of thiophene rings is 1. The third kappa shape index (κ3) is 2.54. The molecule has 0 aliphatic rings. The van der Waals surface area contributed by atoms with Crippen molar-refractivity contribution in [3.8, 4) is 0 Å². The summed E-state index contributed by atoms with van der Waals surface area (Å²) >= 11 is 1.73. The van der Waals surface area contributed by atoms with Gasteiger partial charge in [-0.3, -0.25) is 4.99 Å². The molecule has 0 atom stereocenters. The minimum absolute atomic E-state index is 0.749. The Morgan fingerprint density at radius 2 is 2.31 bits per heavy atom. The minimum atomic E-state index is 0.749. The van der Waals surface area contributed by atoms with Crippen molar-refractivity contribution in [2.24, 2.45) is 10.8 Å². The summed E-state index contributed by atoms with van der Waals surface area (Å²) in [6.45, 7) is 4.88. The number of aryl methyl sites for hydroxylation is 1. The van der Waals surface area contributed by atoms with Crippen molar-refractivity contribution in [1.82, 2.24) is 5.43 Å². The van der Waals surface area contributed by atoms with Gasteiger partial charge in [0.15, 0.2) is 5.84 Å². The van der Waals surface area contributed by atoms with E-state index in [9.17, 15) is 0 Å². The van der Waals surface area contributed by atoms with E-state index in [-0.39, 0.29) is 0 Å². The molecule has 1 rings (SSSR count). The third-order valence-electron chi connectivity index (χ3n) is 1.70. The smallest absolute Gasteiger partial charge is 0.152 e. The van der Waals surface area contributed by atoms with Crippen molar-refractivity contribution >= 4 is 17.2 Å². The Morgan fingerprint density at radius 3 is 2.77 bits per heavy atom. The van der Waals surface area contributed by atoms with Gasteiger partial charge in [0, 0.05) is 11.4 Å². The quantitative estimate of drug-likeness (QED) is 0.334. The van der Waals surface area contributed by atoms with E-state index in [1.165, 1.54) is 4.88 Å². The summed E-state index contributed by atoms with van der Waals surface area (Å²) in [4.78, 5) is 6.72. The van der Waals surface area contributed by atoms with Crippen LogP contribution in [0.25, 0.3) is 0 Å². The second kappa shape index (κ2) is 4.99. The Bertz CT molecular complexity index is 291. The van der Waals surface area contributed by atoms with Crippen molar-refractivity contribution in [3.63, 3.8) is 0 Å². The third-order valence-corrected chi connectivity index (χ3v) is 2.93. The first-order valence-electron chi connectivity index (χ1n) is 4.42. The van der Waals surface area contributed by atoms with Gasteiger partial charge in [0.2, 0.25) is 0 Å². The maximum absolute atomic E-state index is 5.37. The lowest BCUT2D eigenvalue weighted by Gasteiger charge is -2.00. The van der Waals surface area contributed by atoms with Crippen molar-refractivity contribution in [1.29, 1.82) is 0 Å². The first-order valence-corrected chi connectivity index (χ1v) is 5.23. The van der Waals surface area contributed by atoms with E-state index in [1.807, 2.05) is 6.92 Å². The SMILES string of the molecule is CCN=C(NN)c1ccc(CC)s1. The maximum Gasteiger partial charge on any atom is 0.152 e. The van der Waals surface area contributed by atoms with E-state index in [4.69, 9.17) is 5.84 Å². The number of nitrogens with two attached hydrogens (primary N) is 1. The molecule has 0 saturated carbocycles. The van der Waals surface area contributed by atoms with Gasteiger partial charge in [-0.05, 0) is 25.5 Å². The normalized spacial score (nSPS) is 11.8. The average molecular weight is 197 g/mol. The van der Waals surface area contributed by atoms with E-state index in [0.717, 1.165) is 23.7 Å². The molecule has 0 aliphatic heterocycles. The molecule has 0 spiro atoms.